The van der Waals surface area contributed by atoms with Crippen molar-refractivity contribution < 1.29 is 4.74 Å². The lowest BCUT2D eigenvalue weighted by atomic mass is 9.89. The maximum absolute atomic E-state index is 5.98. The van der Waals surface area contributed by atoms with Crippen molar-refractivity contribution >= 4 is 11.8 Å². The highest BCUT2D eigenvalue weighted by Gasteiger charge is 2.24. The van der Waals surface area contributed by atoms with Crippen molar-refractivity contribution in [3.05, 3.63) is 29.3 Å². The zero-order valence-electron chi connectivity index (χ0n) is 12.4. The van der Waals surface area contributed by atoms with Crippen molar-refractivity contribution in [2.45, 2.75) is 38.1 Å². The van der Waals surface area contributed by atoms with E-state index in [4.69, 9.17) is 4.74 Å². The lowest BCUT2D eigenvalue weighted by molar-refractivity contribution is 0.278. The Kier molecular flexibility index (Phi) is 4.90. The molecular formula is C17H25NOS. The quantitative estimate of drug-likeness (QED) is 0.911. The van der Waals surface area contributed by atoms with Crippen LogP contribution in [0.1, 0.15) is 42.9 Å². The van der Waals surface area contributed by atoms with Gasteiger partial charge >= 0.3 is 0 Å². The van der Waals surface area contributed by atoms with Gasteiger partial charge in [-0.25, -0.2) is 0 Å². The fourth-order valence-electron chi connectivity index (χ4n) is 3.40. The second-order valence-corrected chi connectivity index (χ2v) is 7.14. The highest BCUT2D eigenvalue weighted by atomic mass is 32.2. The number of fused-ring (bicyclic) bond motifs is 1. The highest BCUT2D eigenvalue weighted by molar-refractivity contribution is 7.99. The Labute approximate surface area is 126 Å². The van der Waals surface area contributed by atoms with Gasteiger partial charge < -0.3 is 10.1 Å². The van der Waals surface area contributed by atoms with Gasteiger partial charge in [-0.05, 0) is 62.1 Å². The monoisotopic (exact) mass is 291 g/mol. The number of aryl methyl sites for hydroxylation is 1. The summed E-state index contributed by atoms with van der Waals surface area (Å²) in [5.74, 6) is 4.71. The Balaban J connectivity index is 1.78. The van der Waals surface area contributed by atoms with Gasteiger partial charge in [0.25, 0.3) is 0 Å². The van der Waals surface area contributed by atoms with E-state index in [0.29, 0.717) is 6.04 Å². The number of para-hydroxylation sites is 1. The molecule has 3 heteroatoms. The maximum atomic E-state index is 5.98. The van der Waals surface area contributed by atoms with Gasteiger partial charge in [-0.1, -0.05) is 18.2 Å². The topological polar surface area (TPSA) is 21.3 Å². The lowest BCUT2D eigenvalue weighted by Gasteiger charge is -2.29. The normalized spacial score (nSPS) is 21.1. The molecule has 0 aromatic heterocycles. The summed E-state index contributed by atoms with van der Waals surface area (Å²) in [7, 11) is 2.09. The van der Waals surface area contributed by atoms with Gasteiger partial charge in [-0.15, -0.1) is 0 Å². The molecule has 1 aromatic carbocycles. The Bertz CT molecular complexity index is 443. The van der Waals surface area contributed by atoms with E-state index in [1.54, 1.807) is 0 Å². The predicted octanol–water partition coefficient (Wildman–Crippen LogP) is 3.81. The Morgan fingerprint density at radius 3 is 3.00 bits per heavy atom. The van der Waals surface area contributed by atoms with Crippen molar-refractivity contribution in [2.24, 2.45) is 5.92 Å². The summed E-state index contributed by atoms with van der Waals surface area (Å²) in [6.07, 6.45) is 6.31. The van der Waals surface area contributed by atoms with Crippen LogP contribution in [0.2, 0.25) is 0 Å². The first kappa shape index (κ1) is 14.3. The molecule has 3 rings (SSSR count). The summed E-state index contributed by atoms with van der Waals surface area (Å²) >= 11 is 2.11. The van der Waals surface area contributed by atoms with Gasteiger partial charge in [0.05, 0.1) is 6.61 Å². The van der Waals surface area contributed by atoms with E-state index >= 15 is 0 Å². The van der Waals surface area contributed by atoms with Crippen LogP contribution >= 0.6 is 11.8 Å². The number of hydrogen-bond donors (Lipinski definition) is 1. The summed E-state index contributed by atoms with van der Waals surface area (Å²) in [5.41, 5.74) is 2.77. The largest absolute Gasteiger partial charge is 0.493 e. The summed E-state index contributed by atoms with van der Waals surface area (Å²) < 4.78 is 5.98. The second kappa shape index (κ2) is 6.86. The lowest BCUT2D eigenvalue weighted by Crippen LogP contribution is -2.23. The van der Waals surface area contributed by atoms with Crippen molar-refractivity contribution in [1.82, 2.24) is 5.32 Å². The van der Waals surface area contributed by atoms with Crippen LogP contribution in [0.15, 0.2) is 18.2 Å². The van der Waals surface area contributed by atoms with Gasteiger partial charge in [0.1, 0.15) is 5.75 Å². The third-order valence-corrected chi connectivity index (χ3v) is 5.65. The Morgan fingerprint density at radius 2 is 2.20 bits per heavy atom. The zero-order valence-corrected chi connectivity index (χ0v) is 13.2. The molecule has 0 radical (unpaired) electrons. The number of ether oxygens (including phenoxy) is 1. The van der Waals surface area contributed by atoms with E-state index in [9.17, 15) is 0 Å². The molecule has 2 aliphatic heterocycles. The average Bonchev–Trinajstić information content (AvgIpc) is 2.53. The minimum Gasteiger partial charge on any atom is -0.493 e. The summed E-state index contributed by atoms with van der Waals surface area (Å²) in [4.78, 5) is 0. The molecule has 1 aromatic rings. The molecule has 0 saturated carbocycles. The minimum absolute atomic E-state index is 0.441. The fourth-order valence-corrected chi connectivity index (χ4v) is 4.61. The minimum atomic E-state index is 0.441. The van der Waals surface area contributed by atoms with E-state index in [0.717, 1.165) is 18.9 Å². The summed E-state index contributed by atoms with van der Waals surface area (Å²) in [6, 6.07) is 7.12. The molecule has 2 heterocycles. The third-order valence-electron chi connectivity index (χ3n) is 4.60. The van der Waals surface area contributed by atoms with E-state index < -0.39 is 0 Å². The van der Waals surface area contributed by atoms with Gasteiger partial charge in [0.2, 0.25) is 0 Å². The molecule has 2 nitrogen and oxygen atoms in total. The van der Waals surface area contributed by atoms with E-state index in [1.807, 2.05) is 0 Å². The number of nitrogens with one attached hydrogen (secondary N) is 1. The maximum Gasteiger partial charge on any atom is 0.127 e. The van der Waals surface area contributed by atoms with Crippen LogP contribution in [0.5, 0.6) is 5.75 Å². The standard InChI is InChI=1S/C17H25NOS/c1-18-16(12-13-7-10-20-11-8-13)15-6-2-4-14-5-3-9-19-17(14)15/h2,4,6,13,16,18H,3,5,7-12H2,1H3. The molecule has 1 saturated heterocycles. The van der Waals surface area contributed by atoms with Gasteiger partial charge in [0, 0.05) is 11.6 Å². The fraction of sp³-hybridized carbons (Fsp3) is 0.647. The number of benzene rings is 1. The molecule has 0 amide bonds. The van der Waals surface area contributed by atoms with Crippen LogP contribution in [0.25, 0.3) is 0 Å². The van der Waals surface area contributed by atoms with Crippen molar-refractivity contribution in [2.75, 3.05) is 25.2 Å². The Morgan fingerprint density at radius 1 is 1.35 bits per heavy atom. The van der Waals surface area contributed by atoms with Gasteiger partial charge in [0.15, 0.2) is 0 Å². The van der Waals surface area contributed by atoms with Crippen LogP contribution < -0.4 is 10.1 Å². The SMILES string of the molecule is CNC(CC1CCSCC1)c1cccc2c1OCCC2. The molecule has 20 heavy (non-hydrogen) atoms. The second-order valence-electron chi connectivity index (χ2n) is 5.92. The van der Waals surface area contributed by atoms with Crippen LogP contribution in [0.4, 0.5) is 0 Å². The van der Waals surface area contributed by atoms with E-state index in [-0.39, 0.29) is 0 Å². The molecule has 2 aliphatic rings. The summed E-state index contributed by atoms with van der Waals surface area (Å²) in [6.45, 7) is 0.876. The molecule has 1 atom stereocenters. The molecule has 0 bridgehead atoms. The summed E-state index contributed by atoms with van der Waals surface area (Å²) in [5, 5.41) is 3.53. The molecular weight excluding hydrogens is 266 g/mol. The van der Waals surface area contributed by atoms with Crippen molar-refractivity contribution in [3.8, 4) is 5.75 Å². The average molecular weight is 291 g/mol. The molecule has 0 aliphatic carbocycles. The Hall–Kier alpha value is -0.670. The number of hydrogen-bond acceptors (Lipinski definition) is 3. The van der Waals surface area contributed by atoms with Gasteiger partial charge in [-0.3, -0.25) is 0 Å². The number of rotatable bonds is 4. The molecule has 0 spiro atoms. The van der Waals surface area contributed by atoms with Crippen molar-refractivity contribution in [1.29, 1.82) is 0 Å². The van der Waals surface area contributed by atoms with Crippen LogP contribution in [-0.4, -0.2) is 25.2 Å². The van der Waals surface area contributed by atoms with Gasteiger partial charge in [-0.2, -0.15) is 11.8 Å². The van der Waals surface area contributed by atoms with Crippen LogP contribution in [0, 0.1) is 5.92 Å². The van der Waals surface area contributed by atoms with Crippen molar-refractivity contribution in [3.63, 3.8) is 0 Å². The smallest absolute Gasteiger partial charge is 0.127 e. The molecule has 1 N–H and O–H groups in total. The molecule has 1 unspecified atom stereocenters. The highest BCUT2D eigenvalue weighted by Crippen LogP contribution is 2.37. The zero-order chi connectivity index (χ0) is 13.8. The number of thioether (sulfide) groups is 1. The van der Waals surface area contributed by atoms with E-state index in [1.165, 1.54) is 54.1 Å². The van der Waals surface area contributed by atoms with Crippen LogP contribution in [-0.2, 0) is 6.42 Å². The molecule has 110 valence electrons. The first-order valence-electron chi connectivity index (χ1n) is 7.88. The van der Waals surface area contributed by atoms with E-state index in [2.05, 4.69) is 42.3 Å². The first-order valence-corrected chi connectivity index (χ1v) is 9.03. The third kappa shape index (κ3) is 3.15. The molecule has 1 fully saturated rings. The van der Waals surface area contributed by atoms with Crippen LogP contribution in [0.3, 0.4) is 0 Å². The first-order chi connectivity index (χ1) is 9.88. The predicted molar refractivity (Wildman–Crippen MR) is 86.7 cm³/mol.